The topological polar surface area (TPSA) is 38.8 Å². The van der Waals surface area contributed by atoms with Gasteiger partial charge in [0.2, 0.25) is 5.91 Å². The van der Waals surface area contributed by atoms with Gasteiger partial charge in [-0.3, -0.25) is 9.69 Å². The van der Waals surface area contributed by atoms with Gasteiger partial charge in [-0.25, -0.2) is 0 Å². The normalized spacial score (nSPS) is 23.5. The Kier molecular flexibility index (Phi) is 6.02. The molecule has 5 nitrogen and oxygen atoms in total. The van der Waals surface area contributed by atoms with Crippen molar-refractivity contribution >= 4 is 5.91 Å². The number of nitrogens with zero attached hydrogens (tertiary/aromatic N) is 3. The molecular weight excluding hydrogens is 264 g/mol. The molecule has 0 aromatic rings. The Morgan fingerprint density at radius 3 is 2.29 bits per heavy atom. The first-order valence-electron chi connectivity index (χ1n) is 8.44. The lowest BCUT2D eigenvalue weighted by molar-refractivity contribution is -0.146. The van der Waals surface area contributed by atoms with Gasteiger partial charge in [-0.05, 0) is 46.4 Å². The van der Waals surface area contributed by atoms with Crippen LogP contribution in [0.3, 0.4) is 0 Å². The number of carbonyl (C=O) groups excluding carboxylic acids is 1. The average molecular weight is 296 g/mol. The Labute approximate surface area is 129 Å². The Hall–Kier alpha value is -0.650. The van der Waals surface area contributed by atoms with Crippen LogP contribution >= 0.6 is 0 Å². The molecule has 0 radical (unpaired) electrons. The van der Waals surface area contributed by atoms with Gasteiger partial charge in [0.1, 0.15) is 0 Å². The summed E-state index contributed by atoms with van der Waals surface area (Å²) in [6, 6.07) is 0. The Morgan fingerprint density at radius 1 is 1.14 bits per heavy atom. The van der Waals surface area contributed by atoms with Crippen molar-refractivity contribution < 1.29 is 4.79 Å². The maximum Gasteiger partial charge on any atom is 0.228 e. The van der Waals surface area contributed by atoms with Crippen LogP contribution in [0.2, 0.25) is 0 Å². The van der Waals surface area contributed by atoms with E-state index in [2.05, 4.69) is 41.0 Å². The monoisotopic (exact) mass is 296 g/mol. The van der Waals surface area contributed by atoms with E-state index in [1.807, 2.05) is 0 Å². The van der Waals surface area contributed by atoms with Gasteiger partial charge in [0.15, 0.2) is 0 Å². The molecule has 2 rings (SSSR count). The molecule has 0 saturated carbocycles. The largest absolute Gasteiger partial charge is 0.340 e. The molecule has 21 heavy (non-hydrogen) atoms. The Bertz CT molecular complexity index is 331. The number of piperidine rings is 1. The number of rotatable bonds is 5. The van der Waals surface area contributed by atoms with E-state index in [-0.39, 0.29) is 5.41 Å². The molecule has 1 N–H and O–H groups in total. The van der Waals surface area contributed by atoms with Gasteiger partial charge in [0.05, 0.1) is 5.41 Å². The minimum absolute atomic E-state index is 0.0863. The van der Waals surface area contributed by atoms with E-state index in [9.17, 15) is 4.79 Å². The summed E-state index contributed by atoms with van der Waals surface area (Å²) in [5.41, 5.74) is -0.0863. The lowest BCUT2D eigenvalue weighted by Crippen LogP contribution is -2.55. The third-order valence-corrected chi connectivity index (χ3v) is 5.21. The van der Waals surface area contributed by atoms with Crippen molar-refractivity contribution in [2.24, 2.45) is 5.41 Å². The van der Waals surface area contributed by atoms with E-state index in [0.29, 0.717) is 5.91 Å². The molecule has 1 amide bonds. The van der Waals surface area contributed by atoms with Crippen molar-refractivity contribution in [3.63, 3.8) is 0 Å². The number of piperazine rings is 1. The predicted octanol–water partition coefficient (Wildman–Crippen LogP) is 0.472. The number of amides is 1. The van der Waals surface area contributed by atoms with E-state index in [1.165, 1.54) is 0 Å². The van der Waals surface area contributed by atoms with E-state index in [4.69, 9.17) is 0 Å². The predicted molar refractivity (Wildman–Crippen MR) is 86.4 cm³/mol. The van der Waals surface area contributed by atoms with Crippen LogP contribution in [0.15, 0.2) is 0 Å². The summed E-state index contributed by atoms with van der Waals surface area (Å²) in [6.45, 7) is 10.2. The van der Waals surface area contributed by atoms with Crippen molar-refractivity contribution in [1.82, 2.24) is 20.0 Å². The maximum atomic E-state index is 13.0. The fraction of sp³-hybridized carbons (Fsp3) is 0.938. The molecule has 0 unspecified atom stereocenters. The van der Waals surface area contributed by atoms with Crippen LogP contribution < -0.4 is 5.32 Å². The van der Waals surface area contributed by atoms with Gasteiger partial charge >= 0.3 is 0 Å². The third kappa shape index (κ3) is 4.18. The van der Waals surface area contributed by atoms with Gasteiger partial charge in [0.25, 0.3) is 0 Å². The summed E-state index contributed by atoms with van der Waals surface area (Å²) in [6.07, 6.45) is 2.99. The van der Waals surface area contributed by atoms with Crippen molar-refractivity contribution in [1.29, 1.82) is 0 Å². The van der Waals surface area contributed by atoms with Crippen LogP contribution in [0.25, 0.3) is 0 Å². The molecule has 0 atom stereocenters. The van der Waals surface area contributed by atoms with Gasteiger partial charge in [0, 0.05) is 39.3 Å². The van der Waals surface area contributed by atoms with Crippen LogP contribution in [0.4, 0.5) is 0 Å². The zero-order chi connectivity index (χ0) is 15.3. The second-order valence-electron chi connectivity index (χ2n) is 6.82. The maximum absolute atomic E-state index is 13.0. The summed E-state index contributed by atoms with van der Waals surface area (Å²) in [5, 5.41) is 3.38. The molecule has 0 aliphatic carbocycles. The van der Waals surface area contributed by atoms with Crippen molar-refractivity contribution in [3.05, 3.63) is 0 Å². The SMILES string of the molecule is CCC1(C(=O)N2CCN(CCN(C)C)CC2)CCNCC1. The van der Waals surface area contributed by atoms with Crippen LogP contribution in [-0.4, -0.2) is 87.1 Å². The summed E-state index contributed by atoms with van der Waals surface area (Å²) in [4.78, 5) is 19.8. The van der Waals surface area contributed by atoms with Crippen molar-refractivity contribution in [2.45, 2.75) is 26.2 Å². The molecule has 2 aliphatic rings. The molecule has 2 aliphatic heterocycles. The van der Waals surface area contributed by atoms with Crippen LogP contribution in [-0.2, 0) is 4.79 Å². The molecule has 2 saturated heterocycles. The first kappa shape index (κ1) is 16.7. The van der Waals surface area contributed by atoms with E-state index < -0.39 is 0 Å². The highest BCUT2D eigenvalue weighted by Gasteiger charge is 2.40. The molecular formula is C16H32N4O. The lowest BCUT2D eigenvalue weighted by atomic mass is 9.75. The molecule has 0 spiro atoms. The highest BCUT2D eigenvalue weighted by atomic mass is 16.2. The van der Waals surface area contributed by atoms with Gasteiger partial charge in [-0.15, -0.1) is 0 Å². The van der Waals surface area contributed by atoms with Gasteiger partial charge < -0.3 is 15.1 Å². The number of likely N-dealkylation sites (N-methyl/N-ethyl adjacent to an activating group) is 1. The number of nitrogens with one attached hydrogen (secondary N) is 1. The Balaban J connectivity index is 1.84. The van der Waals surface area contributed by atoms with Gasteiger partial charge in [-0.1, -0.05) is 6.92 Å². The van der Waals surface area contributed by atoms with Gasteiger partial charge in [-0.2, -0.15) is 0 Å². The third-order valence-electron chi connectivity index (χ3n) is 5.21. The first-order valence-corrected chi connectivity index (χ1v) is 8.44. The van der Waals surface area contributed by atoms with Crippen LogP contribution in [0.5, 0.6) is 0 Å². The minimum Gasteiger partial charge on any atom is -0.340 e. The van der Waals surface area contributed by atoms with E-state index in [1.54, 1.807) is 0 Å². The summed E-state index contributed by atoms with van der Waals surface area (Å²) < 4.78 is 0. The minimum atomic E-state index is -0.0863. The highest BCUT2D eigenvalue weighted by Crippen LogP contribution is 2.34. The van der Waals surface area contributed by atoms with E-state index in [0.717, 1.165) is 71.6 Å². The lowest BCUT2D eigenvalue weighted by Gasteiger charge is -2.42. The molecule has 0 bridgehead atoms. The van der Waals surface area contributed by atoms with Crippen LogP contribution in [0.1, 0.15) is 26.2 Å². The molecule has 0 aromatic carbocycles. The summed E-state index contributed by atoms with van der Waals surface area (Å²) in [5.74, 6) is 0.416. The molecule has 2 fully saturated rings. The summed E-state index contributed by atoms with van der Waals surface area (Å²) >= 11 is 0. The number of carbonyl (C=O) groups is 1. The summed E-state index contributed by atoms with van der Waals surface area (Å²) in [7, 11) is 4.23. The smallest absolute Gasteiger partial charge is 0.228 e. The zero-order valence-corrected chi connectivity index (χ0v) is 14.0. The van der Waals surface area contributed by atoms with Crippen molar-refractivity contribution in [3.8, 4) is 0 Å². The number of hydrogen-bond donors (Lipinski definition) is 1. The number of hydrogen-bond acceptors (Lipinski definition) is 4. The highest BCUT2D eigenvalue weighted by molar-refractivity contribution is 5.83. The zero-order valence-electron chi connectivity index (χ0n) is 14.0. The fourth-order valence-corrected chi connectivity index (χ4v) is 3.48. The molecule has 2 heterocycles. The quantitative estimate of drug-likeness (QED) is 0.801. The second kappa shape index (κ2) is 7.56. The molecule has 122 valence electrons. The standard InChI is InChI=1S/C16H32N4O/c1-4-16(5-7-17-8-6-16)15(21)20-13-11-19(12-14-20)10-9-18(2)3/h17H,4-14H2,1-3H3. The van der Waals surface area contributed by atoms with Crippen LogP contribution in [0, 0.1) is 5.41 Å². The first-order chi connectivity index (χ1) is 10.1. The average Bonchev–Trinajstić information content (AvgIpc) is 2.53. The fourth-order valence-electron chi connectivity index (χ4n) is 3.48. The second-order valence-corrected chi connectivity index (χ2v) is 6.82. The van der Waals surface area contributed by atoms with E-state index >= 15 is 0 Å². The Morgan fingerprint density at radius 2 is 1.76 bits per heavy atom. The van der Waals surface area contributed by atoms with Crippen molar-refractivity contribution in [2.75, 3.05) is 66.5 Å². The molecule has 5 heteroatoms. The molecule has 0 aromatic heterocycles.